The number of nitrogens with zero attached hydrogens (tertiary/aromatic N) is 2. The lowest BCUT2D eigenvalue weighted by molar-refractivity contribution is 0.173. The largest absolute Gasteiger partial charge is 0.454 e. The number of nitrogens with two attached hydrogens (primary N) is 1. The van der Waals surface area contributed by atoms with Crippen molar-refractivity contribution in [2.45, 2.75) is 46.6 Å². The number of aryl methyl sites for hydroxylation is 1. The molecule has 0 amide bonds. The lowest BCUT2D eigenvalue weighted by Gasteiger charge is -2.27. The van der Waals surface area contributed by atoms with Crippen LogP contribution in [0.25, 0.3) is 0 Å². The van der Waals surface area contributed by atoms with E-state index < -0.39 is 0 Å². The van der Waals surface area contributed by atoms with E-state index in [2.05, 4.69) is 28.9 Å². The van der Waals surface area contributed by atoms with Gasteiger partial charge in [-0.25, -0.2) is 4.98 Å². The van der Waals surface area contributed by atoms with Gasteiger partial charge in [0.05, 0.1) is 0 Å². The molecule has 2 aliphatic heterocycles. The molecule has 5 heteroatoms. The third-order valence-electron chi connectivity index (χ3n) is 4.27. The Morgan fingerprint density at radius 3 is 2.46 bits per heavy atom. The number of para-hydroxylation sites is 1. The molecule has 0 atom stereocenters. The Morgan fingerprint density at radius 2 is 1.81 bits per heavy atom. The van der Waals surface area contributed by atoms with Crippen molar-refractivity contribution in [2.24, 2.45) is 5.73 Å². The van der Waals surface area contributed by atoms with Crippen molar-refractivity contribution < 1.29 is 9.47 Å². The molecule has 2 N–H and O–H groups in total. The second kappa shape index (κ2) is 10.7. The Labute approximate surface area is 157 Å². The fourth-order valence-corrected chi connectivity index (χ4v) is 2.92. The highest BCUT2D eigenvalue weighted by atomic mass is 16.7. The molecule has 0 unspecified atom stereocenters. The molecule has 26 heavy (non-hydrogen) atoms. The van der Waals surface area contributed by atoms with Crippen LogP contribution in [0.5, 0.6) is 11.5 Å². The van der Waals surface area contributed by atoms with Crippen molar-refractivity contribution >= 4 is 5.82 Å². The summed E-state index contributed by atoms with van der Waals surface area (Å²) in [5, 5.41) is 0. The first-order chi connectivity index (χ1) is 12.8. The van der Waals surface area contributed by atoms with Gasteiger partial charge in [-0.05, 0) is 43.9 Å². The van der Waals surface area contributed by atoms with Crippen LogP contribution in [0.1, 0.15) is 44.2 Å². The maximum atomic E-state index is 5.49. The topological polar surface area (TPSA) is 60.6 Å². The lowest BCUT2D eigenvalue weighted by Crippen LogP contribution is -2.29. The summed E-state index contributed by atoms with van der Waals surface area (Å²) in [4.78, 5) is 6.81. The van der Waals surface area contributed by atoms with Gasteiger partial charge >= 0.3 is 0 Å². The van der Waals surface area contributed by atoms with Crippen molar-refractivity contribution in [2.75, 3.05) is 24.8 Å². The van der Waals surface area contributed by atoms with E-state index in [0.29, 0.717) is 13.3 Å². The van der Waals surface area contributed by atoms with Gasteiger partial charge in [0.25, 0.3) is 0 Å². The monoisotopic (exact) mass is 357 g/mol. The van der Waals surface area contributed by atoms with Crippen LogP contribution in [0.4, 0.5) is 5.82 Å². The highest BCUT2D eigenvalue weighted by Crippen LogP contribution is 2.34. The van der Waals surface area contributed by atoms with Crippen LogP contribution in [0.3, 0.4) is 0 Å². The number of hydrogen-bond acceptors (Lipinski definition) is 5. The number of ether oxygens (including phenoxy) is 2. The van der Waals surface area contributed by atoms with Gasteiger partial charge in [-0.2, -0.15) is 0 Å². The molecule has 2 aliphatic rings. The predicted molar refractivity (Wildman–Crippen MR) is 107 cm³/mol. The van der Waals surface area contributed by atoms with Crippen LogP contribution in [0, 0.1) is 6.92 Å². The predicted octanol–water partition coefficient (Wildman–Crippen LogP) is 4.28. The summed E-state index contributed by atoms with van der Waals surface area (Å²) in [6.45, 7) is 9.23. The number of piperidine rings is 1. The Hall–Kier alpha value is -2.27. The van der Waals surface area contributed by atoms with E-state index in [1.54, 1.807) is 0 Å². The van der Waals surface area contributed by atoms with Crippen LogP contribution in [-0.4, -0.2) is 24.9 Å². The maximum Gasteiger partial charge on any atom is 0.231 e. The summed E-state index contributed by atoms with van der Waals surface area (Å²) in [5.41, 5.74) is 7.72. The molecule has 0 bridgehead atoms. The van der Waals surface area contributed by atoms with E-state index in [-0.39, 0.29) is 0 Å². The van der Waals surface area contributed by atoms with Crippen molar-refractivity contribution in [3.05, 3.63) is 47.7 Å². The van der Waals surface area contributed by atoms with Crippen LogP contribution >= 0.6 is 0 Å². The fourth-order valence-electron chi connectivity index (χ4n) is 2.92. The average Bonchev–Trinajstić information content (AvgIpc) is 3.20. The molecule has 2 aromatic rings. The zero-order chi connectivity index (χ0) is 18.8. The van der Waals surface area contributed by atoms with Gasteiger partial charge in [0.1, 0.15) is 5.82 Å². The third-order valence-corrected chi connectivity index (χ3v) is 4.27. The molecule has 1 aromatic carbocycles. The van der Waals surface area contributed by atoms with Crippen molar-refractivity contribution in [1.29, 1.82) is 0 Å². The molecule has 0 saturated carbocycles. The summed E-state index contributed by atoms with van der Waals surface area (Å²) in [7, 11) is 0. The number of benzene rings is 1. The van der Waals surface area contributed by atoms with Crippen LogP contribution in [0.2, 0.25) is 0 Å². The molecule has 3 heterocycles. The smallest absolute Gasteiger partial charge is 0.231 e. The third kappa shape index (κ3) is 5.36. The average molecular weight is 357 g/mol. The second-order valence-corrected chi connectivity index (χ2v) is 6.10. The van der Waals surface area contributed by atoms with Crippen LogP contribution in [0.15, 0.2) is 36.5 Å². The van der Waals surface area contributed by atoms with Gasteiger partial charge < -0.3 is 20.1 Å². The van der Waals surface area contributed by atoms with Crippen LogP contribution < -0.4 is 20.1 Å². The second-order valence-electron chi connectivity index (χ2n) is 6.10. The van der Waals surface area contributed by atoms with Crippen molar-refractivity contribution in [3.63, 3.8) is 0 Å². The molecular weight excluding hydrogens is 326 g/mol. The van der Waals surface area contributed by atoms with E-state index >= 15 is 0 Å². The SMILES string of the molecule is CC.Cc1ccc(N2CCCCC2)nc1.NCc1cccc2c1OCO2. The van der Waals surface area contributed by atoms with Gasteiger partial charge in [0.2, 0.25) is 6.79 Å². The highest BCUT2D eigenvalue weighted by Gasteiger charge is 2.15. The summed E-state index contributed by atoms with van der Waals surface area (Å²) < 4.78 is 10.4. The highest BCUT2D eigenvalue weighted by molar-refractivity contribution is 5.47. The number of pyridine rings is 1. The summed E-state index contributed by atoms with van der Waals surface area (Å²) in [6, 6.07) is 9.99. The fraction of sp³-hybridized carbons (Fsp3) is 0.476. The molecule has 0 aliphatic carbocycles. The van der Waals surface area contributed by atoms with Gasteiger partial charge in [-0.3, -0.25) is 0 Å². The number of rotatable bonds is 2. The Morgan fingerprint density at radius 1 is 1.04 bits per heavy atom. The van der Waals surface area contributed by atoms with E-state index in [1.165, 1.54) is 37.9 Å². The standard InChI is InChI=1S/C11H16N2.C8H9NO2.C2H6/c1-10-5-6-11(12-9-10)13-7-3-2-4-8-13;9-4-6-2-1-3-7-8(6)11-5-10-7;1-2/h5-6,9H,2-4,7-8H2,1H3;1-3H,4-5,9H2;1-2H3. The first kappa shape index (κ1) is 20.0. The first-order valence-corrected chi connectivity index (χ1v) is 9.53. The van der Waals surface area contributed by atoms with Crippen molar-refractivity contribution in [1.82, 2.24) is 4.98 Å². The minimum atomic E-state index is 0.312. The quantitative estimate of drug-likeness (QED) is 0.869. The van der Waals surface area contributed by atoms with E-state index in [4.69, 9.17) is 15.2 Å². The lowest BCUT2D eigenvalue weighted by atomic mass is 10.1. The maximum absolute atomic E-state index is 5.49. The number of anilines is 1. The number of aromatic nitrogens is 1. The zero-order valence-electron chi connectivity index (χ0n) is 16.2. The van der Waals surface area contributed by atoms with E-state index in [1.807, 2.05) is 38.2 Å². The molecule has 1 fully saturated rings. The first-order valence-electron chi connectivity index (χ1n) is 9.53. The van der Waals surface area contributed by atoms with E-state index in [0.717, 1.165) is 22.9 Å². The summed E-state index contributed by atoms with van der Waals surface area (Å²) in [6.07, 6.45) is 5.96. The van der Waals surface area contributed by atoms with E-state index in [9.17, 15) is 0 Å². The molecule has 1 saturated heterocycles. The summed E-state index contributed by atoms with van der Waals surface area (Å²) in [5.74, 6) is 2.74. The molecule has 142 valence electrons. The van der Waals surface area contributed by atoms with Gasteiger partial charge in [0.15, 0.2) is 11.5 Å². The molecule has 0 radical (unpaired) electrons. The molecule has 0 spiro atoms. The Balaban J connectivity index is 0.000000173. The molecule has 1 aromatic heterocycles. The molecular formula is C21H31N3O2. The van der Waals surface area contributed by atoms with Gasteiger partial charge in [0, 0.05) is 31.4 Å². The Kier molecular flexibility index (Phi) is 8.22. The zero-order valence-corrected chi connectivity index (χ0v) is 16.2. The minimum Gasteiger partial charge on any atom is -0.454 e. The summed E-state index contributed by atoms with van der Waals surface area (Å²) >= 11 is 0. The molecule has 5 nitrogen and oxygen atoms in total. The van der Waals surface area contributed by atoms with Gasteiger partial charge in [-0.1, -0.05) is 32.0 Å². The molecule has 4 rings (SSSR count). The normalized spacial score (nSPS) is 14.7. The number of hydrogen-bond donors (Lipinski definition) is 1. The Bertz CT molecular complexity index is 653. The van der Waals surface area contributed by atoms with Gasteiger partial charge in [-0.15, -0.1) is 0 Å². The number of fused-ring (bicyclic) bond motifs is 1. The van der Waals surface area contributed by atoms with Crippen LogP contribution in [-0.2, 0) is 6.54 Å². The minimum absolute atomic E-state index is 0.312. The van der Waals surface area contributed by atoms with Crippen molar-refractivity contribution in [3.8, 4) is 11.5 Å².